The SMILES string of the molecule is O=C(NNC(=O)c1c[nH]c2ccccc12)c1cccc(F)c1. The Kier molecular flexibility index (Phi) is 3.57. The molecule has 3 aromatic rings. The van der Waals surface area contributed by atoms with E-state index in [-0.39, 0.29) is 5.56 Å². The van der Waals surface area contributed by atoms with Gasteiger partial charge >= 0.3 is 0 Å². The number of para-hydroxylation sites is 1. The molecule has 0 aliphatic carbocycles. The van der Waals surface area contributed by atoms with E-state index in [4.69, 9.17) is 0 Å². The van der Waals surface area contributed by atoms with Crippen LogP contribution in [0.1, 0.15) is 20.7 Å². The van der Waals surface area contributed by atoms with E-state index in [1.807, 2.05) is 18.2 Å². The number of aromatic nitrogens is 1. The minimum Gasteiger partial charge on any atom is -0.360 e. The van der Waals surface area contributed by atoms with Gasteiger partial charge in [-0.1, -0.05) is 24.3 Å². The highest BCUT2D eigenvalue weighted by Crippen LogP contribution is 2.17. The molecule has 5 nitrogen and oxygen atoms in total. The lowest BCUT2D eigenvalue weighted by Gasteiger charge is -2.07. The quantitative estimate of drug-likeness (QED) is 0.635. The lowest BCUT2D eigenvalue weighted by Crippen LogP contribution is -2.41. The summed E-state index contributed by atoms with van der Waals surface area (Å²) < 4.78 is 13.1. The van der Waals surface area contributed by atoms with Gasteiger partial charge in [-0.05, 0) is 24.3 Å². The molecule has 3 rings (SSSR count). The van der Waals surface area contributed by atoms with Crippen LogP contribution in [0.5, 0.6) is 0 Å². The van der Waals surface area contributed by atoms with Crippen LogP contribution in [-0.2, 0) is 0 Å². The molecule has 0 spiro atoms. The van der Waals surface area contributed by atoms with Gasteiger partial charge in [0.2, 0.25) is 0 Å². The molecule has 0 aliphatic heterocycles. The maximum Gasteiger partial charge on any atom is 0.271 e. The summed E-state index contributed by atoms with van der Waals surface area (Å²) in [6, 6.07) is 12.5. The topological polar surface area (TPSA) is 74.0 Å². The van der Waals surface area contributed by atoms with Crippen LogP contribution in [0.3, 0.4) is 0 Å². The standard InChI is InChI=1S/C16H12FN3O2/c17-11-5-3-4-10(8-11)15(21)19-20-16(22)13-9-18-14-7-2-1-6-12(13)14/h1-9,18H,(H,19,21)(H,20,22). The third-order valence-corrected chi connectivity index (χ3v) is 3.21. The van der Waals surface area contributed by atoms with Gasteiger partial charge in [-0.25, -0.2) is 4.39 Å². The number of carbonyl (C=O) groups is 2. The van der Waals surface area contributed by atoms with Gasteiger partial charge in [0.15, 0.2) is 0 Å². The smallest absolute Gasteiger partial charge is 0.271 e. The maximum absolute atomic E-state index is 13.1. The largest absolute Gasteiger partial charge is 0.360 e. The van der Waals surface area contributed by atoms with Crippen molar-refractivity contribution in [2.75, 3.05) is 0 Å². The van der Waals surface area contributed by atoms with Crippen LogP contribution in [0, 0.1) is 5.82 Å². The highest BCUT2D eigenvalue weighted by molar-refractivity contribution is 6.07. The molecule has 22 heavy (non-hydrogen) atoms. The summed E-state index contributed by atoms with van der Waals surface area (Å²) in [5, 5.41) is 0.750. The zero-order valence-electron chi connectivity index (χ0n) is 11.4. The second-order valence-electron chi connectivity index (χ2n) is 4.67. The summed E-state index contributed by atoms with van der Waals surface area (Å²) in [7, 11) is 0. The zero-order valence-corrected chi connectivity index (χ0v) is 11.4. The number of rotatable bonds is 2. The number of hydrogen-bond donors (Lipinski definition) is 3. The van der Waals surface area contributed by atoms with E-state index in [1.165, 1.54) is 18.2 Å². The van der Waals surface area contributed by atoms with Gasteiger partial charge in [0, 0.05) is 22.7 Å². The predicted octanol–water partition coefficient (Wildman–Crippen LogP) is 2.38. The van der Waals surface area contributed by atoms with Crippen LogP contribution in [0.2, 0.25) is 0 Å². The lowest BCUT2D eigenvalue weighted by atomic mass is 10.2. The van der Waals surface area contributed by atoms with Crippen LogP contribution >= 0.6 is 0 Å². The first-order valence-corrected chi connectivity index (χ1v) is 6.57. The fourth-order valence-corrected chi connectivity index (χ4v) is 2.14. The van der Waals surface area contributed by atoms with E-state index in [2.05, 4.69) is 15.8 Å². The number of hydrogen-bond acceptors (Lipinski definition) is 2. The first kappa shape index (κ1) is 13.8. The fourth-order valence-electron chi connectivity index (χ4n) is 2.14. The maximum atomic E-state index is 13.1. The molecule has 0 radical (unpaired) electrons. The molecule has 0 atom stereocenters. The van der Waals surface area contributed by atoms with E-state index in [1.54, 1.807) is 12.3 Å². The Balaban J connectivity index is 1.71. The van der Waals surface area contributed by atoms with Crippen LogP contribution in [-0.4, -0.2) is 16.8 Å². The number of halogens is 1. The molecule has 0 saturated heterocycles. The van der Waals surface area contributed by atoms with Gasteiger partial charge in [0.05, 0.1) is 5.56 Å². The van der Waals surface area contributed by atoms with Gasteiger partial charge in [0.25, 0.3) is 11.8 Å². The van der Waals surface area contributed by atoms with Crippen molar-refractivity contribution in [2.45, 2.75) is 0 Å². The number of hydrazine groups is 1. The highest BCUT2D eigenvalue weighted by Gasteiger charge is 2.13. The van der Waals surface area contributed by atoms with Crippen LogP contribution in [0.15, 0.2) is 54.7 Å². The molecule has 110 valence electrons. The molecule has 2 amide bonds. The molecule has 1 aromatic heterocycles. The third-order valence-electron chi connectivity index (χ3n) is 3.21. The Bertz CT molecular complexity index is 857. The number of amides is 2. The van der Waals surface area contributed by atoms with Gasteiger partial charge in [0.1, 0.15) is 5.82 Å². The van der Waals surface area contributed by atoms with E-state index in [0.29, 0.717) is 5.56 Å². The average molecular weight is 297 g/mol. The van der Waals surface area contributed by atoms with Gasteiger partial charge < -0.3 is 4.98 Å². The predicted molar refractivity (Wildman–Crippen MR) is 79.6 cm³/mol. The molecule has 0 fully saturated rings. The Morgan fingerprint density at radius 3 is 2.55 bits per heavy atom. The van der Waals surface area contributed by atoms with Crippen molar-refractivity contribution in [3.05, 3.63) is 71.7 Å². The minimum atomic E-state index is -0.590. The first-order chi connectivity index (χ1) is 10.6. The van der Waals surface area contributed by atoms with E-state index < -0.39 is 17.6 Å². The van der Waals surface area contributed by atoms with Crippen LogP contribution in [0.4, 0.5) is 4.39 Å². The molecule has 0 aliphatic rings. The second kappa shape index (κ2) is 5.69. The molecular formula is C16H12FN3O2. The van der Waals surface area contributed by atoms with Crippen molar-refractivity contribution < 1.29 is 14.0 Å². The average Bonchev–Trinajstić information content (AvgIpc) is 2.96. The molecule has 0 bridgehead atoms. The van der Waals surface area contributed by atoms with Crippen molar-refractivity contribution in [3.63, 3.8) is 0 Å². The second-order valence-corrected chi connectivity index (χ2v) is 4.67. The minimum absolute atomic E-state index is 0.124. The summed E-state index contributed by atoms with van der Waals surface area (Å²) in [6.45, 7) is 0. The monoisotopic (exact) mass is 297 g/mol. The van der Waals surface area contributed by atoms with Crippen LogP contribution in [0.25, 0.3) is 10.9 Å². The van der Waals surface area contributed by atoms with Crippen molar-refractivity contribution in [1.29, 1.82) is 0 Å². The Hall–Kier alpha value is -3.15. The summed E-state index contributed by atoms with van der Waals surface area (Å²) in [5.74, 6) is -1.56. The number of benzene rings is 2. The van der Waals surface area contributed by atoms with Crippen LogP contribution < -0.4 is 10.9 Å². The van der Waals surface area contributed by atoms with E-state index >= 15 is 0 Å². The summed E-state index contributed by atoms with van der Waals surface area (Å²) in [4.78, 5) is 26.9. The molecule has 0 unspecified atom stereocenters. The fraction of sp³-hybridized carbons (Fsp3) is 0. The normalized spacial score (nSPS) is 10.4. The number of fused-ring (bicyclic) bond motifs is 1. The number of nitrogens with one attached hydrogen (secondary N) is 3. The number of carbonyl (C=O) groups excluding carboxylic acids is 2. The molecule has 6 heteroatoms. The van der Waals surface area contributed by atoms with Crippen molar-refractivity contribution in [1.82, 2.24) is 15.8 Å². The lowest BCUT2D eigenvalue weighted by molar-refractivity contribution is 0.0847. The molecular weight excluding hydrogens is 285 g/mol. The van der Waals surface area contributed by atoms with Crippen molar-refractivity contribution >= 4 is 22.7 Å². The Morgan fingerprint density at radius 2 is 1.73 bits per heavy atom. The Morgan fingerprint density at radius 1 is 0.955 bits per heavy atom. The summed E-state index contributed by atoms with van der Waals surface area (Å²) >= 11 is 0. The van der Waals surface area contributed by atoms with E-state index in [9.17, 15) is 14.0 Å². The van der Waals surface area contributed by atoms with Gasteiger partial charge in [-0.15, -0.1) is 0 Å². The molecule has 2 aromatic carbocycles. The molecule has 3 N–H and O–H groups in total. The summed E-state index contributed by atoms with van der Waals surface area (Å²) in [5.41, 5.74) is 5.93. The third kappa shape index (κ3) is 2.67. The zero-order chi connectivity index (χ0) is 15.5. The van der Waals surface area contributed by atoms with E-state index in [0.717, 1.165) is 17.0 Å². The van der Waals surface area contributed by atoms with Crippen molar-refractivity contribution in [3.8, 4) is 0 Å². The first-order valence-electron chi connectivity index (χ1n) is 6.57. The highest BCUT2D eigenvalue weighted by atomic mass is 19.1. The van der Waals surface area contributed by atoms with Gasteiger partial charge in [-0.3, -0.25) is 20.4 Å². The number of aromatic amines is 1. The number of H-pyrrole nitrogens is 1. The molecule has 1 heterocycles. The Labute approximate surface area is 125 Å². The summed E-state index contributed by atoms with van der Waals surface area (Å²) in [6.07, 6.45) is 1.56. The molecule has 0 saturated carbocycles. The van der Waals surface area contributed by atoms with Gasteiger partial charge in [-0.2, -0.15) is 0 Å². The van der Waals surface area contributed by atoms with Crippen molar-refractivity contribution in [2.24, 2.45) is 0 Å².